The summed E-state index contributed by atoms with van der Waals surface area (Å²) in [6, 6.07) is 6.13. The number of halogens is 1. The number of amides is 1. The monoisotopic (exact) mass is 414 g/mol. The lowest BCUT2D eigenvalue weighted by Crippen LogP contribution is -2.55. The minimum atomic E-state index is -0.297. The van der Waals surface area contributed by atoms with E-state index in [4.69, 9.17) is 9.47 Å². The molecule has 2 aliphatic rings. The molecule has 1 unspecified atom stereocenters. The van der Waals surface area contributed by atoms with E-state index >= 15 is 0 Å². The molecule has 7 nitrogen and oxygen atoms in total. The molecule has 4 rings (SSSR count). The molecule has 0 radical (unpaired) electrons. The van der Waals surface area contributed by atoms with Gasteiger partial charge in [0.2, 0.25) is 5.91 Å². The van der Waals surface area contributed by atoms with Crippen LogP contribution in [0, 0.1) is 12.7 Å². The van der Waals surface area contributed by atoms with Crippen molar-refractivity contribution in [2.24, 2.45) is 0 Å². The third kappa shape index (κ3) is 5.12. The summed E-state index contributed by atoms with van der Waals surface area (Å²) in [4.78, 5) is 25.5. The molecule has 1 aromatic heterocycles. The van der Waals surface area contributed by atoms with Crippen molar-refractivity contribution in [1.29, 1.82) is 0 Å². The number of hydrogen-bond donors (Lipinski definition) is 0. The summed E-state index contributed by atoms with van der Waals surface area (Å²) in [5.41, 5.74) is 1.98. The number of piperidine rings is 1. The van der Waals surface area contributed by atoms with Crippen molar-refractivity contribution in [1.82, 2.24) is 19.8 Å². The normalized spacial score (nSPS) is 21.1. The van der Waals surface area contributed by atoms with Crippen molar-refractivity contribution >= 4 is 5.91 Å². The van der Waals surface area contributed by atoms with Crippen molar-refractivity contribution in [3.63, 3.8) is 0 Å². The van der Waals surface area contributed by atoms with Crippen LogP contribution >= 0.6 is 0 Å². The fraction of sp³-hybridized carbons (Fsp3) is 0.500. The standard InChI is InChI=1S/C22H27FN4O3/c1-16-21(25-9-8-24-16)13-26-10-6-18(7-11-26)27-12-20(30-15-22(27)28)14-29-19-4-2-17(23)3-5-19/h2-5,8-9,18,20H,6-7,10-15H2,1H3. The topological polar surface area (TPSA) is 67.8 Å². The Kier molecular flexibility index (Phi) is 6.54. The molecule has 8 heteroatoms. The Morgan fingerprint density at radius 1 is 1.17 bits per heavy atom. The molecule has 1 atom stereocenters. The first-order chi connectivity index (χ1) is 14.6. The maximum absolute atomic E-state index is 13.0. The lowest BCUT2D eigenvalue weighted by atomic mass is 10.0. The van der Waals surface area contributed by atoms with E-state index in [1.54, 1.807) is 24.5 Å². The molecule has 2 saturated heterocycles. The highest BCUT2D eigenvalue weighted by Gasteiger charge is 2.34. The summed E-state index contributed by atoms with van der Waals surface area (Å²) in [5, 5.41) is 0. The molecule has 1 aromatic carbocycles. The molecular formula is C22H27FN4O3. The quantitative estimate of drug-likeness (QED) is 0.722. The molecule has 0 spiro atoms. The molecular weight excluding hydrogens is 387 g/mol. The van der Waals surface area contributed by atoms with Crippen LogP contribution in [0.4, 0.5) is 4.39 Å². The number of aromatic nitrogens is 2. The van der Waals surface area contributed by atoms with Crippen molar-refractivity contribution in [2.75, 3.05) is 32.8 Å². The van der Waals surface area contributed by atoms with Gasteiger partial charge >= 0.3 is 0 Å². The van der Waals surface area contributed by atoms with Crippen LogP contribution in [0.1, 0.15) is 24.2 Å². The largest absolute Gasteiger partial charge is 0.491 e. The number of nitrogens with zero attached hydrogens (tertiary/aromatic N) is 4. The van der Waals surface area contributed by atoms with Gasteiger partial charge < -0.3 is 14.4 Å². The average Bonchev–Trinajstić information content (AvgIpc) is 2.76. The van der Waals surface area contributed by atoms with Crippen LogP contribution in [0.2, 0.25) is 0 Å². The van der Waals surface area contributed by atoms with E-state index in [2.05, 4.69) is 14.9 Å². The second-order valence-corrected chi connectivity index (χ2v) is 7.84. The van der Waals surface area contributed by atoms with Gasteiger partial charge in [-0.1, -0.05) is 0 Å². The lowest BCUT2D eigenvalue weighted by molar-refractivity contribution is -0.155. The van der Waals surface area contributed by atoms with Crippen LogP contribution in [0.5, 0.6) is 5.75 Å². The van der Waals surface area contributed by atoms with Crippen LogP contribution in [-0.2, 0) is 16.1 Å². The number of aryl methyl sites for hydroxylation is 1. The van der Waals surface area contributed by atoms with Gasteiger partial charge in [-0.05, 0) is 44.0 Å². The molecule has 1 amide bonds. The predicted octanol–water partition coefficient (Wildman–Crippen LogP) is 2.19. The highest BCUT2D eigenvalue weighted by molar-refractivity contribution is 5.78. The Morgan fingerprint density at radius 2 is 1.90 bits per heavy atom. The third-order valence-electron chi connectivity index (χ3n) is 5.77. The number of ether oxygens (including phenoxy) is 2. The highest BCUT2D eigenvalue weighted by atomic mass is 19.1. The zero-order valence-corrected chi connectivity index (χ0v) is 17.2. The maximum atomic E-state index is 13.0. The Bertz CT molecular complexity index is 856. The molecule has 30 heavy (non-hydrogen) atoms. The predicted molar refractivity (Wildman–Crippen MR) is 108 cm³/mol. The summed E-state index contributed by atoms with van der Waals surface area (Å²) in [5.74, 6) is 0.334. The van der Waals surface area contributed by atoms with Crippen molar-refractivity contribution in [3.05, 3.63) is 53.9 Å². The molecule has 3 heterocycles. The second kappa shape index (κ2) is 9.49. The molecule has 0 bridgehead atoms. The average molecular weight is 414 g/mol. The lowest BCUT2D eigenvalue weighted by Gasteiger charge is -2.42. The Balaban J connectivity index is 1.27. The van der Waals surface area contributed by atoms with Gasteiger partial charge in [0.05, 0.1) is 17.9 Å². The number of carbonyl (C=O) groups is 1. The van der Waals surface area contributed by atoms with Gasteiger partial charge in [-0.25, -0.2) is 4.39 Å². The van der Waals surface area contributed by atoms with E-state index in [0.717, 1.165) is 43.9 Å². The molecule has 0 saturated carbocycles. The van der Waals surface area contributed by atoms with E-state index in [9.17, 15) is 9.18 Å². The smallest absolute Gasteiger partial charge is 0.248 e. The van der Waals surface area contributed by atoms with E-state index in [0.29, 0.717) is 18.9 Å². The van der Waals surface area contributed by atoms with Crippen LogP contribution in [-0.4, -0.2) is 70.7 Å². The van der Waals surface area contributed by atoms with E-state index < -0.39 is 0 Å². The summed E-state index contributed by atoms with van der Waals surface area (Å²) >= 11 is 0. The van der Waals surface area contributed by atoms with E-state index in [1.165, 1.54) is 12.1 Å². The molecule has 2 aromatic rings. The first-order valence-corrected chi connectivity index (χ1v) is 10.4. The molecule has 2 aliphatic heterocycles. The van der Waals surface area contributed by atoms with E-state index in [-0.39, 0.29) is 30.5 Å². The highest BCUT2D eigenvalue weighted by Crippen LogP contribution is 2.22. The summed E-state index contributed by atoms with van der Waals surface area (Å²) in [7, 11) is 0. The minimum Gasteiger partial charge on any atom is -0.491 e. The number of carbonyl (C=O) groups excluding carboxylic acids is 1. The first-order valence-electron chi connectivity index (χ1n) is 10.4. The molecule has 0 N–H and O–H groups in total. The fourth-order valence-corrected chi connectivity index (χ4v) is 4.01. The third-order valence-corrected chi connectivity index (χ3v) is 5.77. The van der Waals surface area contributed by atoms with Gasteiger partial charge in [-0.15, -0.1) is 0 Å². The minimum absolute atomic E-state index is 0.0382. The molecule has 160 valence electrons. The number of likely N-dealkylation sites (tertiary alicyclic amines) is 1. The van der Waals surface area contributed by atoms with Crippen LogP contribution in [0.3, 0.4) is 0 Å². The van der Waals surface area contributed by atoms with Crippen molar-refractivity contribution in [2.45, 2.75) is 38.5 Å². The fourth-order valence-electron chi connectivity index (χ4n) is 4.01. The van der Waals surface area contributed by atoms with Gasteiger partial charge in [0.25, 0.3) is 0 Å². The van der Waals surface area contributed by atoms with Gasteiger partial charge in [0, 0.05) is 38.1 Å². The molecule has 2 fully saturated rings. The SMILES string of the molecule is Cc1nccnc1CN1CCC(N2CC(COc3ccc(F)cc3)OCC2=O)CC1. The number of hydrogen-bond acceptors (Lipinski definition) is 6. The Hall–Kier alpha value is -2.58. The molecule has 0 aliphatic carbocycles. The summed E-state index contributed by atoms with van der Waals surface area (Å²) in [6.07, 6.45) is 5.11. The van der Waals surface area contributed by atoms with Crippen LogP contribution in [0.15, 0.2) is 36.7 Å². The van der Waals surface area contributed by atoms with E-state index in [1.807, 2.05) is 11.8 Å². The van der Waals surface area contributed by atoms with Crippen molar-refractivity contribution < 1.29 is 18.7 Å². The second-order valence-electron chi connectivity index (χ2n) is 7.84. The number of rotatable bonds is 6. The van der Waals surface area contributed by atoms with Crippen LogP contribution < -0.4 is 4.74 Å². The van der Waals surface area contributed by atoms with Gasteiger partial charge in [-0.3, -0.25) is 19.7 Å². The van der Waals surface area contributed by atoms with Gasteiger partial charge in [0.1, 0.15) is 30.9 Å². The van der Waals surface area contributed by atoms with Gasteiger partial charge in [-0.2, -0.15) is 0 Å². The summed E-state index contributed by atoms with van der Waals surface area (Å²) in [6.45, 7) is 5.54. The first kappa shape index (κ1) is 20.7. The Labute approximate surface area is 175 Å². The number of benzene rings is 1. The van der Waals surface area contributed by atoms with Crippen molar-refractivity contribution in [3.8, 4) is 5.75 Å². The zero-order chi connectivity index (χ0) is 20.9. The zero-order valence-electron chi connectivity index (χ0n) is 17.2. The van der Waals surface area contributed by atoms with Crippen LogP contribution in [0.25, 0.3) is 0 Å². The van der Waals surface area contributed by atoms with Gasteiger partial charge in [0.15, 0.2) is 0 Å². The maximum Gasteiger partial charge on any atom is 0.248 e. The number of morpholine rings is 1. The summed E-state index contributed by atoms with van der Waals surface area (Å²) < 4.78 is 24.4. The Morgan fingerprint density at radius 3 is 2.63 bits per heavy atom.